The summed E-state index contributed by atoms with van der Waals surface area (Å²) in [5, 5.41) is 0. The van der Waals surface area contributed by atoms with Crippen LogP contribution in [0, 0.1) is 23.2 Å². The van der Waals surface area contributed by atoms with Gasteiger partial charge in [0.1, 0.15) is 0 Å². The van der Waals surface area contributed by atoms with E-state index in [0.717, 1.165) is 41.9 Å². The van der Waals surface area contributed by atoms with E-state index in [0.29, 0.717) is 17.5 Å². The molecule has 1 aromatic rings. The summed E-state index contributed by atoms with van der Waals surface area (Å²) in [6.07, 6.45) is 7.86. The molecule has 0 N–H and O–H groups in total. The number of imide groups is 1. The lowest BCUT2D eigenvalue weighted by Crippen LogP contribution is -2.47. The Morgan fingerprint density at radius 2 is 1.46 bits per heavy atom. The normalized spacial score (nSPS) is 34.3. The quantitative estimate of drug-likeness (QED) is 0.615. The highest BCUT2D eigenvalue weighted by Gasteiger charge is 2.51. The Labute approximate surface area is 152 Å². The van der Waals surface area contributed by atoms with Crippen molar-refractivity contribution in [1.82, 2.24) is 4.90 Å². The fraction of sp³-hybridized carbons (Fsp3) is 0.571. The van der Waals surface area contributed by atoms with Crippen LogP contribution in [0.4, 0.5) is 0 Å². The van der Waals surface area contributed by atoms with Crippen molar-refractivity contribution in [3.05, 3.63) is 35.4 Å². The van der Waals surface area contributed by atoms with Gasteiger partial charge in [0.25, 0.3) is 11.8 Å². The molecular weight excluding hydrogens is 330 g/mol. The largest absolute Gasteiger partial charge is 0.444 e. The van der Waals surface area contributed by atoms with Crippen LogP contribution in [0.25, 0.3) is 0 Å². The lowest BCUT2D eigenvalue weighted by molar-refractivity contribution is -0.154. The first-order valence-electron chi connectivity index (χ1n) is 9.64. The molecule has 4 saturated carbocycles. The lowest BCUT2D eigenvalue weighted by Gasteiger charge is -2.56. The van der Waals surface area contributed by atoms with Crippen LogP contribution in [0.5, 0.6) is 0 Å². The molecule has 5 aliphatic rings. The first kappa shape index (κ1) is 16.0. The van der Waals surface area contributed by atoms with Gasteiger partial charge < -0.3 is 4.74 Å². The van der Waals surface area contributed by atoms with Crippen molar-refractivity contribution in [2.45, 2.75) is 44.9 Å². The minimum absolute atomic E-state index is 0.105. The third-order valence-electron chi connectivity index (χ3n) is 6.92. The topological polar surface area (TPSA) is 63.7 Å². The van der Waals surface area contributed by atoms with Crippen molar-refractivity contribution in [2.24, 2.45) is 23.2 Å². The van der Waals surface area contributed by atoms with E-state index in [2.05, 4.69) is 0 Å². The van der Waals surface area contributed by atoms with Gasteiger partial charge in [-0.3, -0.25) is 14.4 Å². The van der Waals surface area contributed by atoms with Crippen LogP contribution < -0.4 is 0 Å². The van der Waals surface area contributed by atoms with E-state index >= 15 is 0 Å². The van der Waals surface area contributed by atoms with Crippen LogP contribution in [0.2, 0.25) is 0 Å². The predicted molar refractivity (Wildman–Crippen MR) is 93.1 cm³/mol. The Hall–Kier alpha value is -2.17. The molecule has 136 valence electrons. The molecule has 0 unspecified atom stereocenters. The first-order valence-corrected chi connectivity index (χ1v) is 9.64. The molecule has 0 saturated heterocycles. The highest BCUT2D eigenvalue weighted by atomic mass is 16.5. The molecular formula is C21H23NO4. The van der Waals surface area contributed by atoms with Gasteiger partial charge in [-0.25, -0.2) is 4.90 Å². The molecule has 6 rings (SSSR count). The number of fused-ring (bicyclic) bond motifs is 1. The van der Waals surface area contributed by atoms with Crippen LogP contribution in [0.1, 0.15) is 65.7 Å². The molecule has 0 spiro atoms. The zero-order valence-corrected chi connectivity index (χ0v) is 14.8. The summed E-state index contributed by atoms with van der Waals surface area (Å²) < 4.78 is 5.38. The second-order valence-corrected chi connectivity index (χ2v) is 8.82. The van der Waals surface area contributed by atoms with Gasteiger partial charge in [-0.1, -0.05) is 12.1 Å². The van der Waals surface area contributed by atoms with Crippen molar-refractivity contribution >= 4 is 17.8 Å². The second-order valence-electron chi connectivity index (χ2n) is 8.82. The number of carbonyl (C=O) groups is 3. The van der Waals surface area contributed by atoms with E-state index in [4.69, 9.17) is 4.74 Å². The summed E-state index contributed by atoms with van der Waals surface area (Å²) in [6.45, 7) is -0.280. The first-order chi connectivity index (χ1) is 12.5. The average molecular weight is 353 g/mol. The molecule has 4 aliphatic carbocycles. The van der Waals surface area contributed by atoms with E-state index in [1.54, 1.807) is 24.3 Å². The minimum atomic E-state index is -0.381. The Morgan fingerprint density at radius 1 is 0.962 bits per heavy atom. The van der Waals surface area contributed by atoms with Gasteiger partial charge in [-0.2, -0.15) is 0 Å². The molecule has 5 heteroatoms. The van der Waals surface area contributed by atoms with Crippen molar-refractivity contribution in [1.29, 1.82) is 0 Å². The maximum Gasteiger partial charge on any atom is 0.308 e. The van der Waals surface area contributed by atoms with Gasteiger partial charge in [0.2, 0.25) is 0 Å². The lowest BCUT2D eigenvalue weighted by atomic mass is 9.49. The molecule has 0 radical (unpaired) electrons. The van der Waals surface area contributed by atoms with Gasteiger partial charge in [0, 0.05) is 0 Å². The van der Waals surface area contributed by atoms with E-state index in [1.807, 2.05) is 0 Å². The van der Waals surface area contributed by atoms with E-state index < -0.39 is 0 Å². The van der Waals surface area contributed by atoms with E-state index in [1.165, 1.54) is 19.3 Å². The number of rotatable bonds is 4. The summed E-state index contributed by atoms with van der Waals surface area (Å²) in [4.78, 5) is 38.2. The summed E-state index contributed by atoms with van der Waals surface area (Å²) >= 11 is 0. The number of amides is 2. The standard InChI is InChI=1S/C21H23NO4/c23-18(11-21-8-13-5-14(9-21)7-15(6-13)10-21)26-12-22-19(24)16-3-1-2-4-17(16)20(22)25/h1-4,13-15H,5-12H2. The Morgan fingerprint density at radius 3 is 1.96 bits per heavy atom. The van der Waals surface area contributed by atoms with Crippen molar-refractivity contribution < 1.29 is 19.1 Å². The van der Waals surface area contributed by atoms with Crippen LogP contribution >= 0.6 is 0 Å². The van der Waals surface area contributed by atoms with Crippen LogP contribution in [0.15, 0.2) is 24.3 Å². The molecule has 1 aliphatic heterocycles. The number of esters is 1. The number of hydrogen-bond acceptors (Lipinski definition) is 4. The monoisotopic (exact) mass is 353 g/mol. The maximum absolute atomic E-state index is 12.5. The smallest absolute Gasteiger partial charge is 0.308 e. The third kappa shape index (κ3) is 2.48. The predicted octanol–water partition coefficient (Wildman–Crippen LogP) is 3.39. The maximum atomic E-state index is 12.5. The number of ether oxygens (including phenoxy) is 1. The van der Waals surface area contributed by atoms with Crippen molar-refractivity contribution in [3.63, 3.8) is 0 Å². The molecule has 1 heterocycles. The fourth-order valence-corrected chi connectivity index (χ4v) is 6.36. The minimum Gasteiger partial charge on any atom is -0.444 e. The average Bonchev–Trinajstić information content (AvgIpc) is 2.83. The molecule has 4 bridgehead atoms. The fourth-order valence-electron chi connectivity index (χ4n) is 6.36. The SMILES string of the molecule is O=C(CC12CC3CC(CC(C3)C1)C2)OCN1C(=O)c2ccccc2C1=O. The Balaban J connectivity index is 1.22. The molecule has 26 heavy (non-hydrogen) atoms. The molecule has 1 aromatic carbocycles. The zero-order valence-electron chi connectivity index (χ0n) is 14.8. The second kappa shape index (κ2) is 5.66. The number of hydrogen-bond donors (Lipinski definition) is 0. The van der Waals surface area contributed by atoms with E-state index in [-0.39, 0.29) is 29.9 Å². The van der Waals surface area contributed by atoms with E-state index in [9.17, 15) is 14.4 Å². The number of benzene rings is 1. The van der Waals surface area contributed by atoms with Crippen LogP contribution in [-0.4, -0.2) is 29.4 Å². The van der Waals surface area contributed by atoms with Gasteiger partial charge in [-0.15, -0.1) is 0 Å². The number of nitrogens with zero attached hydrogens (tertiary/aromatic N) is 1. The highest BCUT2D eigenvalue weighted by molar-refractivity contribution is 6.21. The molecule has 0 atom stereocenters. The van der Waals surface area contributed by atoms with Crippen LogP contribution in [0.3, 0.4) is 0 Å². The summed E-state index contributed by atoms with van der Waals surface area (Å²) in [5.41, 5.74) is 0.873. The molecule has 0 aromatic heterocycles. The van der Waals surface area contributed by atoms with Crippen molar-refractivity contribution in [3.8, 4) is 0 Å². The Kier molecular flexibility index (Phi) is 3.49. The van der Waals surface area contributed by atoms with Crippen molar-refractivity contribution in [2.75, 3.05) is 6.73 Å². The molecule has 4 fully saturated rings. The highest BCUT2D eigenvalue weighted by Crippen LogP contribution is 2.61. The summed E-state index contributed by atoms with van der Waals surface area (Å²) in [7, 11) is 0. The summed E-state index contributed by atoms with van der Waals surface area (Å²) in [6, 6.07) is 6.72. The number of carbonyl (C=O) groups excluding carboxylic acids is 3. The van der Waals surface area contributed by atoms with Crippen LogP contribution in [-0.2, 0) is 9.53 Å². The third-order valence-corrected chi connectivity index (χ3v) is 6.92. The van der Waals surface area contributed by atoms with Gasteiger partial charge >= 0.3 is 5.97 Å². The van der Waals surface area contributed by atoms with Gasteiger partial charge in [0.15, 0.2) is 6.73 Å². The molecule has 5 nitrogen and oxygen atoms in total. The zero-order chi connectivity index (χ0) is 17.9. The Bertz CT molecular complexity index is 729. The molecule has 2 amide bonds. The van der Waals surface area contributed by atoms with Gasteiger partial charge in [0.05, 0.1) is 17.5 Å². The van der Waals surface area contributed by atoms with Gasteiger partial charge in [-0.05, 0) is 73.8 Å². The summed E-state index contributed by atoms with van der Waals surface area (Å²) in [5.74, 6) is 1.31.